The lowest BCUT2D eigenvalue weighted by Crippen LogP contribution is -2.66. The van der Waals surface area contributed by atoms with E-state index in [0.717, 1.165) is 0 Å². The Hall–Kier alpha value is -1.47. The van der Waals surface area contributed by atoms with Gasteiger partial charge in [-0.1, -0.05) is 114 Å². The van der Waals surface area contributed by atoms with Gasteiger partial charge in [-0.3, -0.25) is 0 Å². The normalized spacial score (nSPS) is 13.7. The van der Waals surface area contributed by atoms with Crippen LogP contribution in [0.3, 0.4) is 0 Å². The maximum atomic E-state index is 6.87. The second-order valence-corrected chi connectivity index (χ2v) is 19.6. The molecule has 2 nitrogen and oxygen atoms in total. The van der Waals surface area contributed by atoms with Gasteiger partial charge in [-0.15, -0.1) is 0 Å². The van der Waals surface area contributed by atoms with Gasteiger partial charge in [0.15, 0.2) is 8.32 Å². The Balaban J connectivity index is 2.23. The van der Waals surface area contributed by atoms with E-state index in [0.29, 0.717) is 13.2 Å². The van der Waals surface area contributed by atoms with E-state index in [4.69, 9.17) is 8.85 Å². The van der Waals surface area contributed by atoms with Gasteiger partial charge in [0.25, 0.3) is 8.32 Å². The standard InChI is InChI=1S/C26H40O2Si2/c1-25(2,3)29(7,8)27-21-15-16-22-28-30(26(4,5)6,23-17-11-9-12-18-23)24-19-13-10-14-20-24/h9-20H,21-22H2,1-8H3/b16-15+. The van der Waals surface area contributed by atoms with Crippen molar-refractivity contribution < 1.29 is 8.85 Å². The summed E-state index contributed by atoms with van der Waals surface area (Å²) >= 11 is 0. The molecule has 0 radical (unpaired) electrons. The second-order valence-electron chi connectivity index (χ2n) is 10.5. The Morgan fingerprint density at radius 3 is 1.40 bits per heavy atom. The summed E-state index contributed by atoms with van der Waals surface area (Å²) in [4.78, 5) is 0. The van der Waals surface area contributed by atoms with Crippen molar-refractivity contribution in [3.63, 3.8) is 0 Å². The first-order valence-corrected chi connectivity index (χ1v) is 15.8. The zero-order valence-electron chi connectivity index (χ0n) is 20.2. The predicted octanol–water partition coefficient (Wildman–Crippen LogP) is 6.14. The molecule has 0 aliphatic rings. The lowest BCUT2D eigenvalue weighted by Gasteiger charge is -2.42. The van der Waals surface area contributed by atoms with Crippen LogP contribution in [0.1, 0.15) is 41.5 Å². The molecule has 0 unspecified atom stereocenters. The highest BCUT2D eigenvalue weighted by molar-refractivity contribution is 6.99. The third kappa shape index (κ3) is 5.61. The highest BCUT2D eigenvalue weighted by atomic mass is 28.4. The summed E-state index contributed by atoms with van der Waals surface area (Å²) in [7, 11) is -4.18. The van der Waals surface area contributed by atoms with E-state index in [2.05, 4.69) is 127 Å². The Morgan fingerprint density at radius 1 is 0.633 bits per heavy atom. The minimum Gasteiger partial charge on any atom is -0.413 e. The van der Waals surface area contributed by atoms with E-state index >= 15 is 0 Å². The molecule has 30 heavy (non-hydrogen) atoms. The minimum absolute atomic E-state index is 0.00118. The molecule has 0 aliphatic carbocycles. The first-order chi connectivity index (χ1) is 13.9. The first kappa shape index (κ1) is 24.8. The van der Waals surface area contributed by atoms with E-state index in [1.807, 2.05) is 0 Å². The molecular weight excluding hydrogens is 400 g/mol. The Morgan fingerprint density at radius 2 is 1.03 bits per heavy atom. The quantitative estimate of drug-likeness (QED) is 0.362. The van der Waals surface area contributed by atoms with Crippen molar-refractivity contribution in [3.8, 4) is 0 Å². The van der Waals surface area contributed by atoms with E-state index in [1.54, 1.807) is 0 Å². The molecule has 0 saturated heterocycles. The average Bonchev–Trinajstić information content (AvgIpc) is 2.67. The molecule has 0 heterocycles. The number of rotatable bonds is 8. The molecule has 2 aromatic carbocycles. The summed E-state index contributed by atoms with van der Waals surface area (Å²) in [5.41, 5.74) is 0. The lowest BCUT2D eigenvalue weighted by molar-refractivity contribution is 0.321. The molecule has 0 atom stereocenters. The Labute approximate surface area is 186 Å². The lowest BCUT2D eigenvalue weighted by atomic mass is 10.2. The van der Waals surface area contributed by atoms with E-state index in [9.17, 15) is 0 Å². The fraction of sp³-hybridized carbons (Fsp3) is 0.462. The van der Waals surface area contributed by atoms with E-state index in [1.165, 1.54) is 10.4 Å². The molecule has 2 rings (SSSR count). The monoisotopic (exact) mass is 440 g/mol. The van der Waals surface area contributed by atoms with Crippen LogP contribution in [0, 0.1) is 0 Å². The zero-order chi connectivity index (χ0) is 22.5. The SMILES string of the molecule is CC(C)(C)[Si](C)(C)OC/C=C/CO[Si](c1ccccc1)(c1ccccc1)C(C)(C)C. The molecule has 164 valence electrons. The van der Waals surface area contributed by atoms with Crippen LogP contribution >= 0.6 is 0 Å². The maximum absolute atomic E-state index is 6.87. The topological polar surface area (TPSA) is 18.5 Å². The molecule has 2 aromatic rings. The van der Waals surface area contributed by atoms with Crippen LogP contribution in [0.2, 0.25) is 23.2 Å². The highest BCUT2D eigenvalue weighted by Crippen LogP contribution is 2.37. The summed E-state index contributed by atoms with van der Waals surface area (Å²) in [6, 6.07) is 21.6. The van der Waals surface area contributed by atoms with E-state index < -0.39 is 16.6 Å². The fourth-order valence-electron chi connectivity index (χ4n) is 3.54. The average molecular weight is 441 g/mol. The first-order valence-electron chi connectivity index (χ1n) is 11.0. The van der Waals surface area contributed by atoms with Crippen LogP contribution in [-0.2, 0) is 8.85 Å². The van der Waals surface area contributed by atoms with Gasteiger partial charge in [-0.2, -0.15) is 0 Å². The maximum Gasteiger partial charge on any atom is 0.261 e. The molecule has 0 fully saturated rings. The molecule has 4 heteroatoms. The van der Waals surface area contributed by atoms with Gasteiger partial charge in [0, 0.05) is 0 Å². The number of hydrogen-bond acceptors (Lipinski definition) is 2. The molecule has 0 saturated carbocycles. The summed E-state index contributed by atoms with van der Waals surface area (Å²) in [6.07, 6.45) is 4.25. The number of benzene rings is 2. The number of hydrogen-bond donors (Lipinski definition) is 0. The molecule has 0 amide bonds. The van der Waals surface area contributed by atoms with Gasteiger partial charge in [-0.05, 0) is 33.5 Å². The summed E-state index contributed by atoms with van der Waals surface area (Å²) < 4.78 is 13.1. The second kappa shape index (κ2) is 9.77. The summed E-state index contributed by atoms with van der Waals surface area (Å²) in [6.45, 7) is 19.6. The molecular formula is C26H40O2Si2. The van der Waals surface area contributed by atoms with Gasteiger partial charge in [0.2, 0.25) is 0 Å². The van der Waals surface area contributed by atoms with E-state index in [-0.39, 0.29) is 10.1 Å². The van der Waals surface area contributed by atoms with Crippen molar-refractivity contribution >= 4 is 27.0 Å². The zero-order valence-corrected chi connectivity index (χ0v) is 22.2. The molecule has 0 aliphatic heterocycles. The third-order valence-electron chi connectivity index (χ3n) is 6.33. The molecule has 0 bridgehead atoms. The van der Waals surface area contributed by atoms with Crippen molar-refractivity contribution in [1.29, 1.82) is 0 Å². The molecule has 0 N–H and O–H groups in total. The molecule has 0 spiro atoms. The van der Waals surface area contributed by atoms with Gasteiger partial charge >= 0.3 is 0 Å². The predicted molar refractivity (Wildman–Crippen MR) is 136 cm³/mol. The van der Waals surface area contributed by atoms with Crippen LogP contribution in [0.4, 0.5) is 0 Å². The van der Waals surface area contributed by atoms with Gasteiger partial charge in [0.05, 0.1) is 13.2 Å². The fourth-order valence-corrected chi connectivity index (χ4v) is 8.99. The summed E-state index contributed by atoms with van der Waals surface area (Å²) in [5, 5.41) is 2.86. The van der Waals surface area contributed by atoms with Crippen molar-refractivity contribution in [2.24, 2.45) is 0 Å². The van der Waals surface area contributed by atoms with Gasteiger partial charge in [0.1, 0.15) is 0 Å². The van der Waals surface area contributed by atoms with Crippen LogP contribution in [-0.4, -0.2) is 29.8 Å². The van der Waals surface area contributed by atoms with Gasteiger partial charge in [-0.25, -0.2) is 0 Å². The van der Waals surface area contributed by atoms with Crippen LogP contribution in [0.25, 0.3) is 0 Å². The van der Waals surface area contributed by atoms with Gasteiger partial charge < -0.3 is 8.85 Å². The Kier molecular flexibility index (Phi) is 8.08. The smallest absolute Gasteiger partial charge is 0.261 e. The Bertz CT molecular complexity index is 761. The molecule has 0 aromatic heterocycles. The van der Waals surface area contributed by atoms with Crippen molar-refractivity contribution in [2.45, 2.75) is 64.7 Å². The largest absolute Gasteiger partial charge is 0.413 e. The summed E-state index contributed by atoms with van der Waals surface area (Å²) in [5.74, 6) is 0. The van der Waals surface area contributed by atoms with Crippen LogP contribution in [0.15, 0.2) is 72.8 Å². The van der Waals surface area contributed by atoms with Crippen LogP contribution in [0.5, 0.6) is 0 Å². The van der Waals surface area contributed by atoms with Crippen LogP contribution < -0.4 is 10.4 Å². The third-order valence-corrected chi connectivity index (χ3v) is 15.8. The van der Waals surface area contributed by atoms with Crippen molar-refractivity contribution in [1.82, 2.24) is 0 Å². The van der Waals surface area contributed by atoms with Crippen molar-refractivity contribution in [3.05, 3.63) is 72.8 Å². The highest BCUT2D eigenvalue weighted by Gasteiger charge is 2.49. The minimum atomic E-state index is -2.46. The van der Waals surface area contributed by atoms with Crippen molar-refractivity contribution in [2.75, 3.05) is 13.2 Å².